The molecule has 0 aliphatic carbocycles. The molecule has 0 aromatic heterocycles. The van der Waals surface area contributed by atoms with E-state index in [0.29, 0.717) is 0 Å². The molecular formula is C43H31I. The fourth-order valence-electron chi connectivity index (χ4n) is 5.86. The van der Waals surface area contributed by atoms with Crippen LogP contribution in [-0.2, 0) is 4.43 Å². The minimum absolute atomic E-state index is 1.00. The van der Waals surface area contributed by atoms with Crippen molar-refractivity contribution < 1.29 is 0 Å². The molecule has 7 aromatic carbocycles. The highest BCUT2D eigenvalue weighted by molar-refractivity contribution is 14.1. The molecule has 0 heterocycles. The maximum absolute atomic E-state index is 2.44. The summed E-state index contributed by atoms with van der Waals surface area (Å²) >= 11 is 2.44. The van der Waals surface area contributed by atoms with E-state index in [0.717, 1.165) is 4.43 Å². The Morgan fingerprint density at radius 3 is 0.909 bits per heavy atom. The summed E-state index contributed by atoms with van der Waals surface area (Å²) in [5.74, 6) is 0. The third-order valence-corrected chi connectivity index (χ3v) is 9.03. The molecule has 0 saturated heterocycles. The van der Waals surface area contributed by atoms with Gasteiger partial charge in [-0.25, -0.2) is 0 Å². The van der Waals surface area contributed by atoms with Crippen molar-refractivity contribution in [2.45, 2.75) is 4.43 Å². The molecule has 0 saturated carbocycles. The Morgan fingerprint density at radius 2 is 0.523 bits per heavy atom. The van der Waals surface area contributed by atoms with Crippen LogP contribution in [0, 0.1) is 0 Å². The average Bonchev–Trinajstić information content (AvgIpc) is 3.12. The number of hydrogen-bond donors (Lipinski definition) is 0. The quantitative estimate of drug-likeness (QED) is 0.117. The van der Waals surface area contributed by atoms with E-state index >= 15 is 0 Å². The van der Waals surface area contributed by atoms with Crippen LogP contribution in [0.3, 0.4) is 0 Å². The highest BCUT2D eigenvalue weighted by Gasteiger charge is 2.11. The Labute approximate surface area is 273 Å². The molecule has 0 N–H and O–H groups in total. The van der Waals surface area contributed by atoms with Crippen molar-refractivity contribution in [1.29, 1.82) is 0 Å². The molecule has 0 aliphatic rings. The summed E-state index contributed by atoms with van der Waals surface area (Å²) in [7, 11) is 0. The summed E-state index contributed by atoms with van der Waals surface area (Å²) in [6.07, 6.45) is 0. The lowest BCUT2D eigenvalue weighted by Gasteiger charge is -2.14. The second-order valence-corrected chi connectivity index (χ2v) is 11.9. The Hall–Kier alpha value is -4.73. The lowest BCUT2D eigenvalue weighted by atomic mass is 9.90. The average molecular weight is 675 g/mol. The monoisotopic (exact) mass is 674 g/mol. The minimum Gasteiger partial charge on any atom is -0.0812 e. The van der Waals surface area contributed by atoms with Crippen molar-refractivity contribution in [3.63, 3.8) is 0 Å². The van der Waals surface area contributed by atoms with Gasteiger partial charge >= 0.3 is 0 Å². The van der Waals surface area contributed by atoms with Gasteiger partial charge in [0.1, 0.15) is 0 Å². The number of benzene rings is 7. The molecule has 7 aromatic rings. The van der Waals surface area contributed by atoms with E-state index in [9.17, 15) is 0 Å². The normalized spacial score (nSPS) is 10.9. The van der Waals surface area contributed by atoms with Gasteiger partial charge in [-0.2, -0.15) is 0 Å². The van der Waals surface area contributed by atoms with E-state index in [2.05, 4.69) is 199 Å². The van der Waals surface area contributed by atoms with Crippen LogP contribution in [0.5, 0.6) is 0 Å². The molecule has 1 heteroatoms. The van der Waals surface area contributed by atoms with E-state index in [1.165, 1.54) is 72.3 Å². The van der Waals surface area contributed by atoms with Crippen LogP contribution < -0.4 is 0 Å². The topological polar surface area (TPSA) is 0 Å². The maximum atomic E-state index is 2.44. The molecule has 0 nitrogen and oxygen atoms in total. The van der Waals surface area contributed by atoms with Crippen molar-refractivity contribution in [3.8, 4) is 66.8 Å². The van der Waals surface area contributed by atoms with E-state index in [1.54, 1.807) is 0 Å². The van der Waals surface area contributed by atoms with Crippen molar-refractivity contribution in [1.82, 2.24) is 0 Å². The van der Waals surface area contributed by atoms with Gasteiger partial charge < -0.3 is 0 Å². The molecule has 210 valence electrons. The van der Waals surface area contributed by atoms with Gasteiger partial charge in [-0.3, -0.25) is 0 Å². The van der Waals surface area contributed by atoms with Crippen molar-refractivity contribution in [2.75, 3.05) is 0 Å². The molecule has 0 atom stereocenters. The van der Waals surface area contributed by atoms with Crippen LogP contribution in [0.4, 0.5) is 0 Å². The van der Waals surface area contributed by atoms with Crippen LogP contribution >= 0.6 is 22.6 Å². The van der Waals surface area contributed by atoms with E-state index in [4.69, 9.17) is 0 Å². The third-order valence-electron chi connectivity index (χ3n) is 8.15. The standard InChI is InChI=1S/C43H31I/c44-30-31-11-7-16-34(23-31)37-19-10-22-40(26-37)43-28-41(38-20-8-17-35(24-38)32-12-3-1-4-13-32)27-42(29-43)39-21-9-18-36(25-39)33-14-5-2-6-15-33/h1-29H,30H2. The summed E-state index contributed by atoms with van der Waals surface area (Å²) in [4.78, 5) is 0. The summed E-state index contributed by atoms with van der Waals surface area (Å²) in [6.45, 7) is 0. The van der Waals surface area contributed by atoms with Crippen molar-refractivity contribution >= 4 is 22.6 Å². The lowest BCUT2D eigenvalue weighted by molar-refractivity contribution is 1.45. The number of hydrogen-bond acceptors (Lipinski definition) is 0. The molecule has 0 spiro atoms. The molecule has 0 aliphatic heterocycles. The summed E-state index contributed by atoms with van der Waals surface area (Å²) in [5, 5.41) is 0. The Morgan fingerprint density at radius 1 is 0.250 bits per heavy atom. The first-order valence-electron chi connectivity index (χ1n) is 15.0. The molecule has 0 bridgehead atoms. The number of rotatable bonds is 7. The molecule has 0 amide bonds. The van der Waals surface area contributed by atoms with Gasteiger partial charge in [-0.1, -0.05) is 162 Å². The summed E-state index contributed by atoms with van der Waals surface area (Å²) in [6, 6.07) is 63.9. The van der Waals surface area contributed by atoms with Gasteiger partial charge in [-0.15, -0.1) is 0 Å². The highest BCUT2D eigenvalue weighted by atomic mass is 127. The van der Waals surface area contributed by atoms with Crippen LogP contribution in [0.2, 0.25) is 0 Å². The van der Waals surface area contributed by atoms with Crippen molar-refractivity contribution in [2.24, 2.45) is 0 Å². The Balaban J connectivity index is 1.37. The predicted octanol–water partition coefficient (Wildman–Crippen LogP) is 12.6. The maximum Gasteiger partial charge on any atom is 0.0247 e. The van der Waals surface area contributed by atoms with E-state index in [-0.39, 0.29) is 0 Å². The van der Waals surface area contributed by atoms with Crippen LogP contribution in [0.15, 0.2) is 176 Å². The van der Waals surface area contributed by atoms with Gasteiger partial charge in [0, 0.05) is 4.43 Å². The predicted molar refractivity (Wildman–Crippen MR) is 197 cm³/mol. The van der Waals surface area contributed by atoms with Gasteiger partial charge in [-0.05, 0) is 109 Å². The SMILES string of the molecule is ICc1cccc(-c2cccc(-c3cc(-c4cccc(-c5ccccc5)c4)cc(-c4cccc(-c5ccccc5)c4)c3)c2)c1. The molecule has 7 rings (SSSR count). The summed E-state index contributed by atoms with van der Waals surface area (Å²) in [5.41, 5.74) is 16.0. The second kappa shape index (κ2) is 12.9. The van der Waals surface area contributed by atoms with Crippen LogP contribution in [-0.4, -0.2) is 0 Å². The Kier molecular flexibility index (Phi) is 8.21. The first-order chi connectivity index (χ1) is 21.7. The van der Waals surface area contributed by atoms with Gasteiger partial charge in [0.15, 0.2) is 0 Å². The second-order valence-electron chi connectivity index (χ2n) is 11.1. The van der Waals surface area contributed by atoms with Crippen LogP contribution in [0.1, 0.15) is 5.56 Å². The van der Waals surface area contributed by atoms with Gasteiger partial charge in [0.25, 0.3) is 0 Å². The summed E-state index contributed by atoms with van der Waals surface area (Å²) < 4.78 is 1.00. The third kappa shape index (κ3) is 6.15. The van der Waals surface area contributed by atoms with E-state index in [1.807, 2.05) is 0 Å². The lowest BCUT2D eigenvalue weighted by Crippen LogP contribution is -1.89. The highest BCUT2D eigenvalue weighted by Crippen LogP contribution is 2.37. The fraction of sp³-hybridized carbons (Fsp3) is 0.0233. The minimum atomic E-state index is 1.00. The largest absolute Gasteiger partial charge is 0.0812 e. The van der Waals surface area contributed by atoms with Gasteiger partial charge in [0.05, 0.1) is 0 Å². The van der Waals surface area contributed by atoms with Gasteiger partial charge in [0.2, 0.25) is 0 Å². The smallest absolute Gasteiger partial charge is 0.0247 e. The number of alkyl halides is 1. The molecule has 44 heavy (non-hydrogen) atoms. The van der Waals surface area contributed by atoms with Crippen LogP contribution in [0.25, 0.3) is 66.8 Å². The zero-order chi connectivity index (χ0) is 29.7. The zero-order valence-corrected chi connectivity index (χ0v) is 26.5. The number of halogens is 1. The zero-order valence-electron chi connectivity index (χ0n) is 24.3. The van der Waals surface area contributed by atoms with Crippen molar-refractivity contribution in [3.05, 3.63) is 181 Å². The molecule has 0 fully saturated rings. The molecule has 0 radical (unpaired) electrons. The first-order valence-corrected chi connectivity index (χ1v) is 16.5. The van der Waals surface area contributed by atoms with E-state index < -0.39 is 0 Å². The molecule has 0 unspecified atom stereocenters. The molecular weight excluding hydrogens is 643 g/mol. The first kappa shape index (κ1) is 28.1. The fourth-order valence-corrected chi connectivity index (χ4v) is 6.33. The Bertz CT molecular complexity index is 1940.